The maximum Gasteiger partial charge on any atom is 0.205 e. The number of hydrogen-bond donors (Lipinski definition) is 1. The van der Waals surface area contributed by atoms with E-state index in [1.165, 1.54) is 11.8 Å². The molecule has 1 saturated heterocycles. The van der Waals surface area contributed by atoms with Crippen LogP contribution in [-0.4, -0.2) is 40.1 Å². The van der Waals surface area contributed by atoms with Crippen molar-refractivity contribution in [2.75, 3.05) is 12.8 Å². The van der Waals surface area contributed by atoms with E-state index in [1.807, 2.05) is 6.26 Å². The highest BCUT2D eigenvalue weighted by atomic mass is 32.2. The Morgan fingerprint density at radius 3 is 2.69 bits per heavy atom. The molecule has 0 aromatic carbocycles. The van der Waals surface area contributed by atoms with Crippen molar-refractivity contribution in [2.24, 2.45) is 0 Å². The molecule has 76 valence electrons. The van der Waals surface area contributed by atoms with Crippen molar-refractivity contribution in [3.63, 3.8) is 0 Å². The highest BCUT2D eigenvalue weighted by Crippen LogP contribution is 2.26. The topological polar surface area (TPSA) is 20.3 Å². The summed E-state index contributed by atoms with van der Waals surface area (Å²) in [5, 5.41) is 0.647. The lowest BCUT2D eigenvalue weighted by Crippen LogP contribution is -2.39. The molecule has 1 aliphatic rings. The van der Waals surface area contributed by atoms with Crippen LogP contribution in [0.15, 0.2) is 0 Å². The number of nitrogens with zero attached hydrogens (tertiary/aromatic N) is 1. The molecular formula is C9H17NOS2. The minimum atomic E-state index is 0.0949. The molecular weight excluding hydrogens is 202 g/mol. The van der Waals surface area contributed by atoms with Crippen molar-refractivity contribution in [3.05, 3.63) is 0 Å². The number of carbonyl (C=O) groups is 1. The van der Waals surface area contributed by atoms with Gasteiger partial charge < -0.3 is 0 Å². The fraction of sp³-hybridized carbons (Fsp3) is 0.889. The first-order valence-electron chi connectivity index (χ1n) is 4.58. The van der Waals surface area contributed by atoms with Gasteiger partial charge in [0.05, 0.1) is 6.04 Å². The Morgan fingerprint density at radius 2 is 2.23 bits per heavy atom. The lowest BCUT2D eigenvalue weighted by molar-refractivity contribution is -0.115. The Balaban J connectivity index is 2.66. The molecule has 1 rings (SSSR count). The highest BCUT2D eigenvalue weighted by Gasteiger charge is 2.35. The number of likely N-dealkylation sites (tertiary alicyclic amines) is 1. The first kappa shape index (κ1) is 11.4. The molecule has 1 heterocycles. The minimum absolute atomic E-state index is 0.0949. The Bertz CT molecular complexity index is 196. The highest BCUT2D eigenvalue weighted by molar-refractivity contribution is 8.13. The molecule has 0 saturated carbocycles. The van der Waals surface area contributed by atoms with Gasteiger partial charge in [-0.25, -0.2) is 0 Å². The van der Waals surface area contributed by atoms with Crippen LogP contribution in [-0.2, 0) is 4.79 Å². The predicted molar refractivity (Wildman–Crippen MR) is 61.5 cm³/mol. The van der Waals surface area contributed by atoms with E-state index in [2.05, 4.69) is 31.4 Å². The van der Waals surface area contributed by atoms with Gasteiger partial charge in [0.1, 0.15) is 0 Å². The Morgan fingerprint density at radius 1 is 1.62 bits per heavy atom. The summed E-state index contributed by atoms with van der Waals surface area (Å²) in [7, 11) is 0. The van der Waals surface area contributed by atoms with Crippen molar-refractivity contribution in [2.45, 2.75) is 37.6 Å². The average Bonchev–Trinajstić information content (AvgIpc) is 2.46. The van der Waals surface area contributed by atoms with Crippen molar-refractivity contribution in [1.29, 1.82) is 0 Å². The van der Waals surface area contributed by atoms with Gasteiger partial charge in [0.15, 0.2) is 0 Å². The van der Waals surface area contributed by atoms with E-state index in [0.29, 0.717) is 11.3 Å². The summed E-state index contributed by atoms with van der Waals surface area (Å²) >= 11 is 5.77. The summed E-state index contributed by atoms with van der Waals surface area (Å²) in [5.41, 5.74) is 0. The lowest BCUT2D eigenvalue weighted by Gasteiger charge is -2.26. The van der Waals surface area contributed by atoms with Gasteiger partial charge in [-0.05, 0) is 26.5 Å². The quantitative estimate of drug-likeness (QED) is 0.713. The van der Waals surface area contributed by atoms with E-state index in [-0.39, 0.29) is 11.2 Å². The van der Waals surface area contributed by atoms with Crippen LogP contribution in [0.2, 0.25) is 0 Å². The molecule has 0 aliphatic carbocycles. The second-order valence-corrected chi connectivity index (χ2v) is 5.26. The zero-order valence-electron chi connectivity index (χ0n) is 8.36. The van der Waals surface area contributed by atoms with Gasteiger partial charge >= 0.3 is 0 Å². The van der Waals surface area contributed by atoms with Crippen molar-refractivity contribution in [1.82, 2.24) is 4.90 Å². The van der Waals surface area contributed by atoms with Crippen LogP contribution < -0.4 is 0 Å². The summed E-state index contributed by atoms with van der Waals surface area (Å²) in [5.74, 6) is 0. The van der Waals surface area contributed by atoms with Gasteiger partial charge in [-0.1, -0.05) is 11.8 Å². The van der Waals surface area contributed by atoms with Crippen LogP contribution >= 0.6 is 24.4 Å². The molecule has 0 N–H and O–H groups in total. The van der Waals surface area contributed by atoms with E-state index >= 15 is 0 Å². The maximum absolute atomic E-state index is 11.6. The third-order valence-electron chi connectivity index (χ3n) is 2.45. The third-order valence-corrected chi connectivity index (χ3v) is 3.50. The zero-order chi connectivity index (χ0) is 10.0. The SMILES string of the molecule is CSC(=O)C1CC(S)CN1C(C)C. The molecule has 0 spiro atoms. The van der Waals surface area contributed by atoms with E-state index in [9.17, 15) is 4.79 Å². The maximum atomic E-state index is 11.6. The summed E-state index contributed by atoms with van der Waals surface area (Å²) < 4.78 is 0. The van der Waals surface area contributed by atoms with E-state index < -0.39 is 0 Å². The van der Waals surface area contributed by atoms with E-state index in [1.54, 1.807) is 0 Å². The van der Waals surface area contributed by atoms with Crippen LogP contribution in [0.1, 0.15) is 20.3 Å². The standard InChI is InChI=1S/C9H17NOS2/c1-6(2)10-5-7(12)4-8(10)9(11)13-3/h6-8,12H,4-5H2,1-3H3. The minimum Gasteiger partial charge on any atom is -0.289 e. The van der Waals surface area contributed by atoms with Crippen LogP contribution in [0.25, 0.3) is 0 Å². The molecule has 4 heteroatoms. The smallest absolute Gasteiger partial charge is 0.205 e. The first-order valence-corrected chi connectivity index (χ1v) is 6.32. The monoisotopic (exact) mass is 219 g/mol. The van der Waals surface area contributed by atoms with Gasteiger partial charge in [-0.3, -0.25) is 9.69 Å². The zero-order valence-corrected chi connectivity index (χ0v) is 10.1. The Labute approximate surface area is 89.9 Å². The fourth-order valence-corrected chi connectivity index (χ4v) is 2.67. The molecule has 0 amide bonds. The molecule has 2 unspecified atom stereocenters. The molecule has 1 aliphatic heterocycles. The average molecular weight is 219 g/mol. The normalized spacial score (nSPS) is 29.9. The van der Waals surface area contributed by atoms with Crippen LogP contribution in [0, 0.1) is 0 Å². The predicted octanol–water partition coefficient (Wildman–Crippen LogP) is 1.66. The van der Waals surface area contributed by atoms with Crippen LogP contribution in [0.5, 0.6) is 0 Å². The van der Waals surface area contributed by atoms with Crippen molar-refractivity contribution < 1.29 is 4.79 Å². The largest absolute Gasteiger partial charge is 0.289 e. The van der Waals surface area contributed by atoms with Gasteiger partial charge in [-0.2, -0.15) is 12.6 Å². The third kappa shape index (κ3) is 2.64. The number of thiol groups is 1. The van der Waals surface area contributed by atoms with E-state index in [0.717, 1.165) is 13.0 Å². The van der Waals surface area contributed by atoms with Crippen molar-refractivity contribution >= 4 is 29.5 Å². The summed E-state index contributed by atoms with van der Waals surface area (Å²) in [6.45, 7) is 5.20. The van der Waals surface area contributed by atoms with Gasteiger partial charge in [0, 0.05) is 17.8 Å². The molecule has 0 bridgehead atoms. The summed E-state index contributed by atoms with van der Waals surface area (Å²) in [4.78, 5) is 13.8. The molecule has 2 nitrogen and oxygen atoms in total. The van der Waals surface area contributed by atoms with Crippen LogP contribution in [0.3, 0.4) is 0 Å². The number of rotatable bonds is 2. The fourth-order valence-electron chi connectivity index (χ4n) is 1.78. The second-order valence-electron chi connectivity index (χ2n) is 3.72. The summed E-state index contributed by atoms with van der Waals surface area (Å²) in [6.07, 6.45) is 2.76. The number of hydrogen-bond acceptors (Lipinski definition) is 4. The molecule has 2 atom stereocenters. The van der Waals surface area contributed by atoms with Crippen molar-refractivity contribution in [3.8, 4) is 0 Å². The molecule has 0 aromatic heterocycles. The van der Waals surface area contributed by atoms with E-state index in [4.69, 9.17) is 0 Å². The van der Waals surface area contributed by atoms with Gasteiger partial charge in [0.25, 0.3) is 0 Å². The first-order chi connectivity index (χ1) is 6.06. The molecule has 1 fully saturated rings. The number of thioether (sulfide) groups is 1. The Hall–Kier alpha value is 0.330. The molecule has 0 radical (unpaired) electrons. The molecule has 13 heavy (non-hydrogen) atoms. The molecule has 0 aromatic rings. The van der Waals surface area contributed by atoms with Crippen LogP contribution in [0.4, 0.5) is 0 Å². The summed E-state index contributed by atoms with van der Waals surface area (Å²) in [6, 6.07) is 0.538. The number of carbonyl (C=O) groups excluding carboxylic acids is 1. The van der Waals surface area contributed by atoms with Gasteiger partial charge in [-0.15, -0.1) is 0 Å². The Kier molecular flexibility index (Phi) is 4.13. The second kappa shape index (κ2) is 4.71. The van der Waals surface area contributed by atoms with Gasteiger partial charge in [0.2, 0.25) is 5.12 Å². The lowest BCUT2D eigenvalue weighted by atomic mass is 10.2.